The molecule has 4 rings (SSSR count). The summed E-state index contributed by atoms with van der Waals surface area (Å²) in [5.41, 5.74) is -3.06. The van der Waals surface area contributed by atoms with Crippen molar-refractivity contribution in [1.29, 1.82) is 0 Å². The van der Waals surface area contributed by atoms with E-state index < -0.39 is 29.2 Å². The summed E-state index contributed by atoms with van der Waals surface area (Å²) in [6, 6.07) is 2.91. The van der Waals surface area contributed by atoms with Gasteiger partial charge in [0.2, 0.25) is 5.54 Å². The van der Waals surface area contributed by atoms with Gasteiger partial charge in [0.25, 0.3) is 0 Å². The summed E-state index contributed by atoms with van der Waals surface area (Å²) < 4.78 is 43.3. The summed E-state index contributed by atoms with van der Waals surface area (Å²) in [6.07, 6.45) is -2.12. The topological polar surface area (TPSA) is 32.3 Å². The van der Waals surface area contributed by atoms with Crippen LogP contribution in [0.2, 0.25) is 5.02 Å². The lowest BCUT2D eigenvalue weighted by Crippen LogP contribution is -2.62. The maximum atomic E-state index is 14.4. The third kappa shape index (κ3) is 2.56. The van der Waals surface area contributed by atoms with Crippen LogP contribution in [0.15, 0.2) is 18.2 Å². The number of hydrogen-bond donors (Lipinski definition) is 1. The van der Waals surface area contributed by atoms with E-state index in [1.54, 1.807) is 0 Å². The Morgan fingerprint density at radius 2 is 1.96 bits per heavy atom. The first-order chi connectivity index (χ1) is 11.7. The molecule has 0 saturated heterocycles. The highest BCUT2D eigenvalue weighted by Gasteiger charge is 2.66. The number of hydrogen-bond acceptors (Lipinski definition) is 1. The lowest BCUT2D eigenvalue weighted by atomic mass is 9.83. The molecule has 1 unspecified atom stereocenters. The van der Waals surface area contributed by atoms with Crippen LogP contribution in [0.25, 0.3) is 0 Å². The molecule has 1 N–H and O–H groups in total. The molecule has 3 nitrogen and oxygen atoms in total. The molecular formula is C18H16ClF3N2O. The van der Waals surface area contributed by atoms with Crippen molar-refractivity contribution in [3.05, 3.63) is 28.8 Å². The highest BCUT2D eigenvalue weighted by atomic mass is 35.5. The van der Waals surface area contributed by atoms with Crippen LogP contribution in [-0.2, 0) is 5.54 Å². The monoisotopic (exact) mass is 368 g/mol. The number of carbonyl (C=O) groups excluding carboxylic acids is 1. The lowest BCUT2D eigenvalue weighted by Gasteiger charge is -2.45. The second-order valence-corrected chi connectivity index (χ2v) is 7.68. The van der Waals surface area contributed by atoms with Crippen molar-refractivity contribution in [1.82, 2.24) is 4.90 Å². The molecule has 3 aliphatic rings. The minimum Gasteiger partial charge on any atom is -0.307 e. The first-order valence-electron chi connectivity index (χ1n) is 8.18. The van der Waals surface area contributed by atoms with Crippen LogP contribution in [0.3, 0.4) is 0 Å². The van der Waals surface area contributed by atoms with Gasteiger partial charge in [-0.15, -0.1) is 0 Å². The van der Waals surface area contributed by atoms with Gasteiger partial charge in [-0.3, -0.25) is 4.90 Å². The number of carbonyl (C=O) groups is 1. The molecule has 25 heavy (non-hydrogen) atoms. The van der Waals surface area contributed by atoms with E-state index in [4.69, 9.17) is 11.6 Å². The van der Waals surface area contributed by atoms with Gasteiger partial charge in [-0.1, -0.05) is 23.4 Å². The Hall–Kier alpha value is -1.87. The molecule has 132 valence electrons. The third-order valence-electron chi connectivity index (χ3n) is 5.06. The van der Waals surface area contributed by atoms with E-state index in [9.17, 15) is 18.0 Å². The van der Waals surface area contributed by atoms with Gasteiger partial charge in [0.15, 0.2) is 0 Å². The number of amides is 2. The molecule has 0 aromatic heterocycles. The summed E-state index contributed by atoms with van der Waals surface area (Å²) in [4.78, 5) is 13.4. The SMILES string of the molecule is CC1(C#CC2(C(F)(F)F)c3cc(Cl)ccc3NC(=O)N2C2CC2)CC1. The average molecular weight is 369 g/mol. The number of nitrogens with one attached hydrogen (secondary N) is 1. The fourth-order valence-corrected chi connectivity index (χ4v) is 3.37. The van der Waals surface area contributed by atoms with Crippen LogP contribution in [0.5, 0.6) is 0 Å². The normalized spacial score (nSPS) is 27.1. The first kappa shape index (κ1) is 16.6. The zero-order valence-electron chi connectivity index (χ0n) is 13.5. The van der Waals surface area contributed by atoms with E-state index in [2.05, 4.69) is 17.2 Å². The average Bonchev–Trinajstić information content (AvgIpc) is 3.42. The largest absolute Gasteiger partial charge is 0.427 e. The Balaban J connectivity index is 2.00. The van der Waals surface area contributed by atoms with Crippen LogP contribution in [0.1, 0.15) is 38.2 Å². The molecule has 0 bridgehead atoms. The quantitative estimate of drug-likeness (QED) is 0.702. The highest BCUT2D eigenvalue weighted by molar-refractivity contribution is 6.30. The molecule has 2 aliphatic carbocycles. The number of benzene rings is 1. The van der Waals surface area contributed by atoms with Crippen molar-refractivity contribution in [3.63, 3.8) is 0 Å². The Labute approximate surface area is 148 Å². The van der Waals surface area contributed by atoms with Gasteiger partial charge < -0.3 is 5.32 Å². The van der Waals surface area contributed by atoms with Crippen molar-refractivity contribution in [2.45, 2.75) is 50.4 Å². The zero-order valence-corrected chi connectivity index (χ0v) is 14.3. The number of nitrogens with zero attached hydrogens (tertiary/aromatic N) is 1. The Kier molecular flexibility index (Phi) is 3.37. The molecule has 0 spiro atoms. The van der Waals surface area contributed by atoms with Crippen LogP contribution in [0, 0.1) is 17.3 Å². The number of urea groups is 1. The summed E-state index contributed by atoms with van der Waals surface area (Å²) in [5.74, 6) is 5.30. The lowest BCUT2D eigenvalue weighted by molar-refractivity contribution is -0.208. The van der Waals surface area contributed by atoms with Gasteiger partial charge in [-0.2, -0.15) is 13.2 Å². The Bertz CT molecular complexity index is 818. The molecule has 2 amide bonds. The fourth-order valence-electron chi connectivity index (χ4n) is 3.20. The highest BCUT2D eigenvalue weighted by Crippen LogP contribution is 2.53. The van der Waals surface area contributed by atoms with Gasteiger partial charge in [-0.25, -0.2) is 4.79 Å². The summed E-state index contributed by atoms with van der Waals surface area (Å²) >= 11 is 5.99. The van der Waals surface area contributed by atoms with Crippen molar-refractivity contribution < 1.29 is 18.0 Å². The van der Waals surface area contributed by atoms with Crippen molar-refractivity contribution in [3.8, 4) is 11.8 Å². The van der Waals surface area contributed by atoms with E-state index in [1.165, 1.54) is 18.2 Å². The van der Waals surface area contributed by atoms with E-state index in [0.717, 1.165) is 17.7 Å². The molecule has 1 aromatic carbocycles. The van der Waals surface area contributed by atoms with Gasteiger partial charge in [0.05, 0.1) is 0 Å². The number of rotatable bonds is 1. The van der Waals surface area contributed by atoms with E-state index >= 15 is 0 Å². The number of halogens is 4. The van der Waals surface area contributed by atoms with Crippen LogP contribution >= 0.6 is 11.6 Å². The molecule has 1 atom stereocenters. The summed E-state index contributed by atoms with van der Waals surface area (Å²) in [5, 5.41) is 2.74. The maximum absolute atomic E-state index is 14.4. The van der Waals surface area contributed by atoms with E-state index in [-0.39, 0.29) is 16.3 Å². The summed E-state index contributed by atoms with van der Waals surface area (Å²) in [6.45, 7) is 1.84. The first-order valence-corrected chi connectivity index (χ1v) is 8.56. The number of fused-ring (bicyclic) bond motifs is 1. The van der Waals surface area contributed by atoms with E-state index in [1.807, 2.05) is 6.92 Å². The predicted molar refractivity (Wildman–Crippen MR) is 88.2 cm³/mol. The zero-order chi connectivity index (χ0) is 18.0. The van der Waals surface area contributed by atoms with Crippen molar-refractivity contribution in [2.75, 3.05) is 5.32 Å². The van der Waals surface area contributed by atoms with Crippen molar-refractivity contribution >= 4 is 23.3 Å². The minimum absolute atomic E-state index is 0.101. The standard InChI is InChI=1S/C18H16ClF3N2O/c1-16(6-7-16)8-9-17(18(20,21)22)13-10-11(19)2-5-14(13)23-15(25)24(17)12-3-4-12/h2,5,10,12H,3-4,6-7H2,1H3,(H,23,25). The molecule has 7 heteroatoms. The van der Waals surface area contributed by atoms with Gasteiger partial charge in [0.1, 0.15) is 0 Å². The molecule has 1 aliphatic heterocycles. The van der Waals surface area contributed by atoms with Gasteiger partial charge in [-0.05, 0) is 50.8 Å². The smallest absolute Gasteiger partial charge is 0.307 e. The predicted octanol–water partition coefficient (Wildman–Crippen LogP) is 4.91. The van der Waals surface area contributed by atoms with Gasteiger partial charge >= 0.3 is 12.2 Å². The fraction of sp³-hybridized carbons (Fsp3) is 0.500. The molecular weight excluding hydrogens is 353 g/mol. The van der Waals surface area contributed by atoms with Crippen LogP contribution in [0.4, 0.5) is 23.7 Å². The molecule has 2 fully saturated rings. The Morgan fingerprint density at radius 3 is 2.52 bits per heavy atom. The minimum atomic E-state index is -4.75. The molecule has 0 radical (unpaired) electrons. The molecule has 1 heterocycles. The maximum Gasteiger partial charge on any atom is 0.427 e. The molecule has 2 saturated carbocycles. The molecule has 1 aromatic rings. The Morgan fingerprint density at radius 1 is 1.28 bits per heavy atom. The second kappa shape index (κ2) is 5.07. The van der Waals surface area contributed by atoms with Crippen LogP contribution in [-0.4, -0.2) is 23.1 Å². The van der Waals surface area contributed by atoms with Crippen LogP contribution < -0.4 is 5.32 Å². The van der Waals surface area contributed by atoms with Gasteiger partial charge in [0, 0.05) is 27.7 Å². The number of anilines is 1. The number of alkyl halides is 3. The van der Waals surface area contributed by atoms with Crippen molar-refractivity contribution in [2.24, 2.45) is 5.41 Å². The summed E-state index contributed by atoms with van der Waals surface area (Å²) in [7, 11) is 0. The van der Waals surface area contributed by atoms with E-state index in [0.29, 0.717) is 12.8 Å². The third-order valence-corrected chi connectivity index (χ3v) is 5.30. The second-order valence-electron chi connectivity index (χ2n) is 7.24.